The van der Waals surface area contributed by atoms with Crippen molar-refractivity contribution in [2.45, 2.75) is 32.2 Å². The highest BCUT2D eigenvalue weighted by molar-refractivity contribution is 6.01. The number of aryl methyl sites for hydroxylation is 1. The van der Waals surface area contributed by atoms with E-state index in [1.54, 1.807) is 18.9 Å². The van der Waals surface area contributed by atoms with Crippen molar-refractivity contribution in [2.75, 3.05) is 25.2 Å². The fourth-order valence-corrected chi connectivity index (χ4v) is 2.61. The molecule has 2 amide bonds. The van der Waals surface area contributed by atoms with Crippen molar-refractivity contribution in [3.63, 3.8) is 0 Å². The zero-order valence-corrected chi connectivity index (χ0v) is 12.6. The van der Waals surface area contributed by atoms with Gasteiger partial charge in [-0.15, -0.1) is 0 Å². The molecule has 0 fully saturated rings. The van der Waals surface area contributed by atoms with Gasteiger partial charge in [0.2, 0.25) is 11.8 Å². The molecule has 21 heavy (non-hydrogen) atoms. The zero-order valence-electron chi connectivity index (χ0n) is 12.6. The van der Waals surface area contributed by atoms with Crippen molar-refractivity contribution < 1.29 is 14.3 Å². The molecule has 0 radical (unpaired) electrons. The summed E-state index contributed by atoms with van der Waals surface area (Å²) >= 11 is 0. The first kappa shape index (κ1) is 15.5. The average molecular weight is 290 g/mol. The average Bonchev–Trinajstić information content (AvgIpc) is 2.65. The number of rotatable bonds is 5. The zero-order chi connectivity index (χ0) is 15.2. The third kappa shape index (κ3) is 3.61. The van der Waals surface area contributed by atoms with Gasteiger partial charge in [0.15, 0.2) is 0 Å². The Labute approximate surface area is 125 Å². The summed E-state index contributed by atoms with van der Waals surface area (Å²) < 4.78 is 4.92. The van der Waals surface area contributed by atoms with Crippen LogP contribution in [0.15, 0.2) is 24.3 Å². The van der Waals surface area contributed by atoms with E-state index in [9.17, 15) is 9.59 Å². The lowest BCUT2D eigenvalue weighted by atomic mass is 10.1. The van der Waals surface area contributed by atoms with Gasteiger partial charge in [0.25, 0.3) is 0 Å². The van der Waals surface area contributed by atoms with Gasteiger partial charge in [0.1, 0.15) is 6.04 Å². The molecule has 1 heterocycles. The summed E-state index contributed by atoms with van der Waals surface area (Å²) in [6, 6.07) is 7.29. The van der Waals surface area contributed by atoms with E-state index in [1.807, 2.05) is 24.3 Å². The number of hydrogen-bond donors (Lipinski definition) is 1. The topological polar surface area (TPSA) is 58.6 Å². The fraction of sp³-hybridized carbons (Fsp3) is 0.500. The Hall–Kier alpha value is -1.88. The summed E-state index contributed by atoms with van der Waals surface area (Å²) in [7, 11) is 1.59. The van der Waals surface area contributed by atoms with Gasteiger partial charge >= 0.3 is 0 Å². The molecular formula is C16H22N2O3. The van der Waals surface area contributed by atoms with Crippen LogP contribution in [0.5, 0.6) is 0 Å². The van der Waals surface area contributed by atoms with Gasteiger partial charge in [-0.1, -0.05) is 18.2 Å². The van der Waals surface area contributed by atoms with Crippen LogP contribution in [0, 0.1) is 0 Å². The van der Waals surface area contributed by atoms with E-state index in [0.717, 1.165) is 24.1 Å². The molecule has 1 aromatic carbocycles. The fourth-order valence-electron chi connectivity index (χ4n) is 2.61. The molecule has 0 unspecified atom stereocenters. The lowest BCUT2D eigenvalue weighted by molar-refractivity contribution is -0.126. The maximum absolute atomic E-state index is 12.4. The molecule has 0 saturated heterocycles. The predicted molar refractivity (Wildman–Crippen MR) is 81.2 cm³/mol. The van der Waals surface area contributed by atoms with Crippen molar-refractivity contribution in [2.24, 2.45) is 0 Å². The molecule has 1 atom stereocenters. The van der Waals surface area contributed by atoms with Crippen molar-refractivity contribution in [3.05, 3.63) is 29.8 Å². The Morgan fingerprint density at radius 2 is 2.14 bits per heavy atom. The van der Waals surface area contributed by atoms with Crippen LogP contribution in [0.3, 0.4) is 0 Å². The number of ether oxygens (including phenoxy) is 1. The number of amides is 2. The van der Waals surface area contributed by atoms with Gasteiger partial charge in [-0.2, -0.15) is 0 Å². The maximum Gasteiger partial charge on any atom is 0.242 e. The summed E-state index contributed by atoms with van der Waals surface area (Å²) in [5.41, 5.74) is 1.98. The van der Waals surface area contributed by atoms with Gasteiger partial charge in [-0.3, -0.25) is 14.5 Å². The molecule has 1 aliphatic heterocycles. The van der Waals surface area contributed by atoms with Crippen LogP contribution in [-0.2, 0) is 20.7 Å². The molecule has 0 saturated carbocycles. The number of anilines is 1. The number of carbonyl (C=O) groups excluding carboxylic acids is 2. The van der Waals surface area contributed by atoms with Crippen LogP contribution in [0.2, 0.25) is 0 Å². The Morgan fingerprint density at radius 3 is 2.90 bits per heavy atom. The highest BCUT2D eigenvalue weighted by Crippen LogP contribution is 2.28. The van der Waals surface area contributed by atoms with Crippen LogP contribution in [-0.4, -0.2) is 38.1 Å². The summed E-state index contributed by atoms with van der Waals surface area (Å²) in [6.45, 7) is 2.68. The molecule has 1 aromatic rings. The number of nitrogens with zero attached hydrogens (tertiary/aromatic N) is 1. The molecule has 1 N–H and O–H groups in total. The number of methoxy groups -OCH3 is 1. The summed E-state index contributed by atoms with van der Waals surface area (Å²) in [5.74, 6) is -0.147. The molecular weight excluding hydrogens is 268 g/mol. The Kier molecular flexibility index (Phi) is 5.33. The number of para-hydroxylation sites is 1. The van der Waals surface area contributed by atoms with Gasteiger partial charge in [-0.25, -0.2) is 0 Å². The highest BCUT2D eigenvalue weighted by atomic mass is 16.5. The van der Waals surface area contributed by atoms with E-state index in [0.29, 0.717) is 19.6 Å². The first-order valence-corrected chi connectivity index (χ1v) is 7.31. The third-order valence-electron chi connectivity index (χ3n) is 3.73. The first-order chi connectivity index (χ1) is 10.1. The quantitative estimate of drug-likeness (QED) is 0.836. The van der Waals surface area contributed by atoms with E-state index in [-0.39, 0.29) is 11.8 Å². The lowest BCUT2D eigenvalue weighted by Gasteiger charge is -2.28. The SMILES string of the molecule is COCCNC(=O)[C@H](C)N1C(=O)CCCc2ccccc21. The lowest BCUT2D eigenvalue weighted by Crippen LogP contribution is -2.48. The minimum absolute atomic E-state index is 0.00865. The molecule has 5 nitrogen and oxygen atoms in total. The van der Waals surface area contributed by atoms with Gasteiger partial charge in [0.05, 0.1) is 6.61 Å². The Balaban J connectivity index is 2.19. The second-order valence-electron chi connectivity index (χ2n) is 5.21. The van der Waals surface area contributed by atoms with Crippen LogP contribution in [0.1, 0.15) is 25.3 Å². The minimum atomic E-state index is -0.520. The van der Waals surface area contributed by atoms with Gasteiger partial charge < -0.3 is 10.1 Å². The maximum atomic E-state index is 12.4. The Bertz CT molecular complexity index is 516. The highest BCUT2D eigenvalue weighted by Gasteiger charge is 2.30. The number of nitrogens with one attached hydrogen (secondary N) is 1. The van der Waals surface area contributed by atoms with E-state index < -0.39 is 6.04 Å². The standard InChI is InChI=1S/C16H22N2O3/c1-12(16(20)17-10-11-21-2)18-14-8-4-3-6-13(14)7-5-9-15(18)19/h3-4,6,8,12H,5,7,9-11H2,1-2H3,(H,17,20)/t12-/m0/s1. The van der Waals surface area contributed by atoms with Crippen molar-refractivity contribution in [3.8, 4) is 0 Å². The molecule has 114 valence electrons. The summed E-state index contributed by atoms with van der Waals surface area (Å²) in [5, 5.41) is 2.79. The van der Waals surface area contributed by atoms with E-state index in [2.05, 4.69) is 5.32 Å². The predicted octanol–water partition coefficient (Wildman–Crippen LogP) is 1.51. The smallest absolute Gasteiger partial charge is 0.242 e. The Morgan fingerprint density at radius 1 is 1.38 bits per heavy atom. The van der Waals surface area contributed by atoms with E-state index in [1.165, 1.54) is 0 Å². The minimum Gasteiger partial charge on any atom is -0.383 e. The molecule has 0 aliphatic carbocycles. The number of hydrogen-bond acceptors (Lipinski definition) is 3. The number of fused-ring (bicyclic) bond motifs is 1. The molecule has 0 bridgehead atoms. The molecule has 2 rings (SSSR count). The monoisotopic (exact) mass is 290 g/mol. The largest absolute Gasteiger partial charge is 0.383 e. The van der Waals surface area contributed by atoms with E-state index >= 15 is 0 Å². The second kappa shape index (κ2) is 7.22. The third-order valence-corrected chi connectivity index (χ3v) is 3.73. The second-order valence-corrected chi connectivity index (χ2v) is 5.21. The van der Waals surface area contributed by atoms with Crippen molar-refractivity contribution in [1.29, 1.82) is 0 Å². The van der Waals surface area contributed by atoms with Crippen molar-refractivity contribution >= 4 is 17.5 Å². The normalized spacial score (nSPS) is 16.1. The van der Waals surface area contributed by atoms with Crippen LogP contribution in [0.25, 0.3) is 0 Å². The molecule has 0 aromatic heterocycles. The number of benzene rings is 1. The number of carbonyl (C=O) groups is 2. The van der Waals surface area contributed by atoms with Gasteiger partial charge in [-0.05, 0) is 31.4 Å². The van der Waals surface area contributed by atoms with E-state index in [4.69, 9.17) is 4.74 Å². The molecule has 5 heteroatoms. The summed E-state index contributed by atoms with van der Waals surface area (Å²) in [4.78, 5) is 26.2. The molecule has 0 spiro atoms. The van der Waals surface area contributed by atoms with Crippen LogP contribution < -0.4 is 10.2 Å². The molecule has 1 aliphatic rings. The first-order valence-electron chi connectivity index (χ1n) is 7.31. The summed E-state index contributed by atoms with van der Waals surface area (Å²) in [6.07, 6.45) is 2.17. The van der Waals surface area contributed by atoms with Crippen LogP contribution >= 0.6 is 0 Å². The van der Waals surface area contributed by atoms with Crippen LogP contribution in [0.4, 0.5) is 5.69 Å². The van der Waals surface area contributed by atoms with Crippen molar-refractivity contribution in [1.82, 2.24) is 5.32 Å². The van der Waals surface area contributed by atoms with Gasteiger partial charge in [0, 0.05) is 25.8 Å².